The minimum Gasteiger partial charge on any atom is -0.398 e. The average Bonchev–Trinajstić information content (AvgIpc) is 1.91. The number of nitrogen functional groups attached to an aromatic ring is 1. The molecule has 0 aromatic heterocycles. The quantitative estimate of drug-likeness (QED) is 0.619. The van der Waals surface area contributed by atoms with E-state index in [2.05, 4.69) is 5.32 Å². The maximum Gasteiger partial charge on any atom is 0.125 e. The Bertz CT molecular complexity index is 295. The molecule has 2 nitrogen and oxygen atoms in total. The van der Waals surface area contributed by atoms with E-state index in [-0.39, 0.29) is 5.82 Å². The van der Waals surface area contributed by atoms with E-state index >= 15 is 0 Å². The molecule has 1 fully saturated rings. The number of nitrogens with two attached hydrogens (primary N) is 1. The Morgan fingerprint density at radius 2 is 2.25 bits per heavy atom. The predicted octanol–water partition coefficient (Wildman–Crippen LogP) is 1.44. The predicted molar refractivity (Wildman–Crippen MR) is 46.2 cm³/mol. The van der Waals surface area contributed by atoms with Gasteiger partial charge in [0.05, 0.1) is 0 Å². The Kier molecular flexibility index (Phi) is 1.73. The molecule has 1 heterocycles. The van der Waals surface area contributed by atoms with E-state index in [4.69, 9.17) is 5.73 Å². The van der Waals surface area contributed by atoms with E-state index in [1.54, 1.807) is 6.07 Å². The zero-order chi connectivity index (χ0) is 8.55. The monoisotopic (exact) mass is 166 g/mol. The van der Waals surface area contributed by atoms with Crippen molar-refractivity contribution >= 4 is 5.69 Å². The van der Waals surface area contributed by atoms with Gasteiger partial charge in [0, 0.05) is 11.7 Å². The third-order valence-electron chi connectivity index (χ3n) is 2.25. The summed E-state index contributed by atoms with van der Waals surface area (Å²) in [5, 5.41) is 3.22. The van der Waals surface area contributed by atoms with Crippen LogP contribution in [0.1, 0.15) is 18.0 Å². The molecule has 3 N–H and O–H groups in total. The second kappa shape index (κ2) is 2.75. The number of benzene rings is 1. The van der Waals surface area contributed by atoms with Crippen molar-refractivity contribution in [3.8, 4) is 0 Å². The van der Waals surface area contributed by atoms with Crippen LogP contribution in [0.15, 0.2) is 18.2 Å². The van der Waals surface area contributed by atoms with Crippen LogP contribution in [0.5, 0.6) is 0 Å². The number of halogens is 1. The second-order valence-electron chi connectivity index (χ2n) is 3.07. The second-order valence-corrected chi connectivity index (χ2v) is 3.07. The molecule has 12 heavy (non-hydrogen) atoms. The first kappa shape index (κ1) is 7.55. The Labute approximate surface area is 70.6 Å². The molecule has 0 saturated carbocycles. The molecule has 0 aliphatic carbocycles. The van der Waals surface area contributed by atoms with Crippen LogP contribution in [0.2, 0.25) is 0 Å². The smallest absolute Gasteiger partial charge is 0.125 e. The summed E-state index contributed by atoms with van der Waals surface area (Å²) < 4.78 is 12.6. The molecule has 1 unspecified atom stereocenters. The maximum absolute atomic E-state index is 12.6. The molecule has 0 bridgehead atoms. The van der Waals surface area contributed by atoms with Gasteiger partial charge in [-0.05, 0) is 30.7 Å². The van der Waals surface area contributed by atoms with Crippen molar-refractivity contribution in [2.24, 2.45) is 0 Å². The van der Waals surface area contributed by atoms with Gasteiger partial charge < -0.3 is 11.1 Å². The van der Waals surface area contributed by atoms with E-state index in [1.165, 1.54) is 12.1 Å². The first-order valence-corrected chi connectivity index (χ1v) is 4.05. The molecule has 1 aliphatic heterocycles. The fourth-order valence-corrected chi connectivity index (χ4v) is 1.42. The average molecular weight is 166 g/mol. The van der Waals surface area contributed by atoms with Gasteiger partial charge >= 0.3 is 0 Å². The Hall–Kier alpha value is -1.09. The SMILES string of the molecule is Nc1cc(F)ccc1C1CCN1. The molecule has 0 spiro atoms. The van der Waals surface area contributed by atoms with Crippen LogP contribution < -0.4 is 11.1 Å². The standard InChI is InChI=1S/C9H11FN2/c10-6-1-2-7(8(11)5-6)9-3-4-12-9/h1-2,5,9,12H,3-4,11H2. The van der Waals surface area contributed by atoms with Crippen LogP contribution in [0.4, 0.5) is 10.1 Å². The van der Waals surface area contributed by atoms with E-state index < -0.39 is 0 Å². The molecule has 1 atom stereocenters. The van der Waals surface area contributed by atoms with Crippen LogP contribution >= 0.6 is 0 Å². The van der Waals surface area contributed by atoms with Gasteiger partial charge in [-0.1, -0.05) is 6.07 Å². The number of anilines is 1. The first-order chi connectivity index (χ1) is 5.77. The van der Waals surface area contributed by atoms with Crippen molar-refractivity contribution in [3.05, 3.63) is 29.6 Å². The summed E-state index contributed by atoms with van der Waals surface area (Å²) in [4.78, 5) is 0. The molecular weight excluding hydrogens is 155 g/mol. The summed E-state index contributed by atoms with van der Waals surface area (Å²) in [6.07, 6.45) is 1.09. The largest absolute Gasteiger partial charge is 0.398 e. The van der Waals surface area contributed by atoms with Crippen molar-refractivity contribution in [3.63, 3.8) is 0 Å². The van der Waals surface area contributed by atoms with E-state index in [1.807, 2.05) is 0 Å². The highest BCUT2D eigenvalue weighted by Gasteiger charge is 2.20. The number of nitrogens with one attached hydrogen (secondary N) is 1. The minimum absolute atomic E-state index is 0.268. The summed E-state index contributed by atoms with van der Waals surface area (Å²) in [5.74, 6) is -0.268. The van der Waals surface area contributed by atoms with Gasteiger partial charge in [-0.3, -0.25) is 0 Å². The van der Waals surface area contributed by atoms with Gasteiger partial charge in [-0.25, -0.2) is 4.39 Å². The number of hydrogen-bond acceptors (Lipinski definition) is 2. The van der Waals surface area contributed by atoms with Crippen molar-refractivity contribution in [1.29, 1.82) is 0 Å². The Morgan fingerprint density at radius 3 is 2.75 bits per heavy atom. The Balaban J connectivity index is 2.31. The zero-order valence-corrected chi connectivity index (χ0v) is 6.68. The van der Waals surface area contributed by atoms with Gasteiger partial charge in [0.2, 0.25) is 0 Å². The van der Waals surface area contributed by atoms with E-state index in [0.29, 0.717) is 11.7 Å². The maximum atomic E-state index is 12.6. The van der Waals surface area contributed by atoms with Crippen LogP contribution in [0, 0.1) is 5.82 Å². The van der Waals surface area contributed by atoms with Crippen LogP contribution in [0.3, 0.4) is 0 Å². The lowest BCUT2D eigenvalue weighted by Crippen LogP contribution is -2.35. The summed E-state index contributed by atoms with van der Waals surface area (Å²) >= 11 is 0. The Morgan fingerprint density at radius 1 is 1.50 bits per heavy atom. The molecule has 1 aromatic carbocycles. The van der Waals surface area contributed by atoms with Gasteiger partial charge in [0.1, 0.15) is 5.82 Å². The summed E-state index contributed by atoms with van der Waals surface area (Å²) in [6, 6.07) is 4.91. The molecule has 0 radical (unpaired) electrons. The highest BCUT2D eigenvalue weighted by atomic mass is 19.1. The molecule has 1 aliphatic rings. The summed E-state index contributed by atoms with van der Waals surface area (Å²) in [6.45, 7) is 1.03. The van der Waals surface area contributed by atoms with Crippen LogP contribution in [-0.4, -0.2) is 6.54 Å². The lowest BCUT2D eigenvalue weighted by Gasteiger charge is -2.28. The third kappa shape index (κ3) is 1.16. The molecule has 1 saturated heterocycles. The van der Waals surface area contributed by atoms with Crippen LogP contribution in [0.25, 0.3) is 0 Å². The number of rotatable bonds is 1. The van der Waals surface area contributed by atoms with Gasteiger partial charge in [-0.15, -0.1) is 0 Å². The number of hydrogen-bond donors (Lipinski definition) is 2. The summed E-state index contributed by atoms with van der Waals surface area (Å²) in [7, 11) is 0. The van der Waals surface area contributed by atoms with Gasteiger partial charge in [0.25, 0.3) is 0 Å². The van der Waals surface area contributed by atoms with Crippen molar-refractivity contribution in [1.82, 2.24) is 5.32 Å². The van der Waals surface area contributed by atoms with E-state index in [9.17, 15) is 4.39 Å². The summed E-state index contributed by atoms with van der Waals surface area (Å²) in [5.41, 5.74) is 7.22. The van der Waals surface area contributed by atoms with Gasteiger partial charge in [0.15, 0.2) is 0 Å². The molecule has 2 rings (SSSR count). The van der Waals surface area contributed by atoms with Crippen molar-refractivity contribution < 1.29 is 4.39 Å². The topological polar surface area (TPSA) is 38.0 Å². The van der Waals surface area contributed by atoms with Crippen molar-refractivity contribution in [2.75, 3.05) is 12.3 Å². The lowest BCUT2D eigenvalue weighted by molar-refractivity contribution is 0.384. The lowest BCUT2D eigenvalue weighted by atomic mass is 9.96. The van der Waals surface area contributed by atoms with Crippen LogP contribution in [-0.2, 0) is 0 Å². The van der Waals surface area contributed by atoms with Gasteiger partial charge in [-0.2, -0.15) is 0 Å². The fourth-order valence-electron chi connectivity index (χ4n) is 1.42. The fraction of sp³-hybridized carbons (Fsp3) is 0.333. The van der Waals surface area contributed by atoms with E-state index in [0.717, 1.165) is 18.5 Å². The van der Waals surface area contributed by atoms with Crippen molar-refractivity contribution in [2.45, 2.75) is 12.5 Å². The molecule has 3 heteroatoms. The highest BCUT2D eigenvalue weighted by Crippen LogP contribution is 2.27. The highest BCUT2D eigenvalue weighted by molar-refractivity contribution is 5.49. The first-order valence-electron chi connectivity index (χ1n) is 4.05. The third-order valence-corrected chi connectivity index (χ3v) is 2.25. The molecule has 1 aromatic rings. The molecular formula is C9H11FN2. The molecule has 0 amide bonds. The normalized spacial score (nSPS) is 21.9. The molecule has 64 valence electrons. The zero-order valence-electron chi connectivity index (χ0n) is 6.68. The minimum atomic E-state index is -0.268.